The predicted molar refractivity (Wildman–Crippen MR) is 94.7 cm³/mol. The molecule has 0 bridgehead atoms. The highest BCUT2D eigenvalue weighted by atomic mass is 32.2. The molecule has 0 aliphatic carbocycles. The highest BCUT2D eigenvalue weighted by Crippen LogP contribution is 2.25. The van der Waals surface area contributed by atoms with Crippen molar-refractivity contribution in [2.24, 2.45) is 0 Å². The average molecular weight is 356 g/mol. The minimum Gasteiger partial charge on any atom is -0.496 e. The van der Waals surface area contributed by atoms with Crippen LogP contribution in [0.5, 0.6) is 5.75 Å². The fourth-order valence-corrected chi connectivity index (χ4v) is 3.21. The molecule has 0 saturated carbocycles. The molecular formula is C17H28N2O4S. The van der Waals surface area contributed by atoms with Crippen LogP contribution in [0.3, 0.4) is 0 Å². The molecule has 1 amide bonds. The largest absolute Gasteiger partial charge is 0.496 e. The van der Waals surface area contributed by atoms with Crippen molar-refractivity contribution in [3.05, 3.63) is 23.8 Å². The van der Waals surface area contributed by atoms with Crippen LogP contribution in [0.15, 0.2) is 23.1 Å². The first kappa shape index (κ1) is 20.4. The smallest absolute Gasteiger partial charge is 0.242 e. The average Bonchev–Trinajstić information content (AvgIpc) is 2.56. The van der Waals surface area contributed by atoms with Crippen molar-refractivity contribution in [2.75, 3.05) is 27.7 Å². The normalized spacial score (nSPS) is 11.5. The number of unbranched alkanes of at least 4 members (excludes halogenated alkanes) is 2. The fraction of sp³-hybridized carbons (Fsp3) is 0.588. The van der Waals surface area contributed by atoms with Gasteiger partial charge in [-0.25, -0.2) is 12.7 Å². The predicted octanol–water partition coefficient (Wildman–Crippen LogP) is 2.18. The van der Waals surface area contributed by atoms with Crippen LogP contribution >= 0.6 is 0 Å². The highest BCUT2D eigenvalue weighted by Gasteiger charge is 2.19. The monoisotopic (exact) mass is 356 g/mol. The van der Waals surface area contributed by atoms with E-state index in [0.29, 0.717) is 30.7 Å². The number of nitrogens with one attached hydrogen (secondary N) is 1. The topological polar surface area (TPSA) is 75.7 Å². The number of benzene rings is 1. The Hall–Kier alpha value is -1.60. The molecule has 0 radical (unpaired) electrons. The van der Waals surface area contributed by atoms with Gasteiger partial charge >= 0.3 is 0 Å². The number of sulfonamides is 1. The Morgan fingerprint density at radius 2 is 1.96 bits per heavy atom. The van der Waals surface area contributed by atoms with E-state index in [1.54, 1.807) is 12.1 Å². The van der Waals surface area contributed by atoms with Gasteiger partial charge in [0.1, 0.15) is 5.75 Å². The van der Waals surface area contributed by atoms with E-state index >= 15 is 0 Å². The lowest BCUT2D eigenvalue weighted by molar-refractivity contribution is -0.121. The maximum Gasteiger partial charge on any atom is 0.242 e. The summed E-state index contributed by atoms with van der Waals surface area (Å²) in [5, 5.41) is 2.88. The lowest BCUT2D eigenvalue weighted by Crippen LogP contribution is -2.25. The summed E-state index contributed by atoms with van der Waals surface area (Å²) in [5.74, 6) is 0.556. The molecule has 0 aliphatic rings. The summed E-state index contributed by atoms with van der Waals surface area (Å²) in [5.41, 5.74) is 0.712. The number of aryl methyl sites for hydroxylation is 1. The molecule has 136 valence electrons. The Kier molecular flexibility index (Phi) is 8.21. The third-order valence-electron chi connectivity index (χ3n) is 3.75. The van der Waals surface area contributed by atoms with Crippen LogP contribution in [0.4, 0.5) is 0 Å². The number of amides is 1. The minimum atomic E-state index is -3.51. The second-order valence-electron chi connectivity index (χ2n) is 5.82. The van der Waals surface area contributed by atoms with Crippen LogP contribution in [-0.2, 0) is 21.2 Å². The Labute approximate surface area is 145 Å². The van der Waals surface area contributed by atoms with Crippen molar-refractivity contribution in [1.29, 1.82) is 0 Å². The number of ether oxygens (including phenoxy) is 1. The summed E-state index contributed by atoms with van der Waals surface area (Å²) in [6.07, 6.45) is 3.91. The van der Waals surface area contributed by atoms with Crippen molar-refractivity contribution in [3.63, 3.8) is 0 Å². The van der Waals surface area contributed by atoms with E-state index in [2.05, 4.69) is 12.2 Å². The van der Waals surface area contributed by atoms with Gasteiger partial charge < -0.3 is 10.1 Å². The van der Waals surface area contributed by atoms with Gasteiger partial charge in [-0.1, -0.05) is 19.8 Å². The van der Waals surface area contributed by atoms with E-state index in [1.807, 2.05) is 0 Å². The van der Waals surface area contributed by atoms with E-state index in [9.17, 15) is 13.2 Å². The quantitative estimate of drug-likeness (QED) is 0.652. The maximum atomic E-state index is 12.2. The van der Waals surface area contributed by atoms with E-state index in [-0.39, 0.29) is 10.8 Å². The molecule has 7 heteroatoms. The van der Waals surface area contributed by atoms with Gasteiger partial charge in [-0.3, -0.25) is 4.79 Å². The Morgan fingerprint density at radius 1 is 1.25 bits per heavy atom. The van der Waals surface area contributed by atoms with Crippen molar-refractivity contribution in [2.45, 2.75) is 43.9 Å². The molecular weight excluding hydrogens is 328 g/mol. The molecule has 1 rings (SSSR count). The standard InChI is InChI=1S/C17H28N2O4S/c1-5-6-7-12-18-17(20)11-8-14-13-15(9-10-16(14)23-4)24(21,22)19(2)3/h9-10,13H,5-8,11-12H2,1-4H3,(H,18,20). The van der Waals surface area contributed by atoms with Crippen LogP contribution < -0.4 is 10.1 Å². The lowest BCUT2D eigenvalue weighted by Gasteiger charge is -2.14. The third-order valence-corrected chi connectivity index (χ3v) is 5.57. The van der Waals surface area contributed by atoms with Crippen molar-refractivity contribution in [3.8, 4) is 5.75 Å². The van der Waals surface area contributed by atoms with E-state index in [1.165, 1.54) is 31.6 Å². The van der Waals surface area contributed by atoms with Crippen molar-refractivity contribution < 1.29 is 17.9 Å². The molecule has 24 heavy (non-hydrogen) atoms. The molecule has 0 atom stereocenters. The summed E-state index contributed by atoms with van der Waals surface area (Å²) in [4.78, 5) is 12.1. The molecule has 0 spiro atoms. The zero-order valence-corrected chi connectivity index (χ0v) is 15.8. The van der Waals surface area contributed by atoms with Gasteiger partial charge in [0.2, 0.25) is 15.9 Å². The molecule has 6 nitrogen and oxygen atoms in total. The molecule has 0 heterocycles. The number of hydrogen-bond donors (Lipinski definition) is 1. The maximum absolute atomic E-state index is 12.2. The second kappa shape index (κ2) is 9.64. The van der Waals surface area contributed by atoms with Crippen LogP contribution in [-0.4, -0.2) is 46.4 Å². The first-order valence-electron chi connectivity index (χ1n) is 8.19. The summed E-state index contributed by atoms with van der Waals surface area (Å²) < 4.78 is 30.9. The molecule has 0 fully saturated rings. The van der Waals surface area contributed by atoms with Gasteiger partial charge in [-0.05, 0) is 36.6 Å². The Morgan fingerprint density at radius 3 is 2.54 bits per heavy atom. The van der Waals surface area contributed by atoms with Gasteiger partial charge in [0, 0.05) is 27.1 Å². The van der Waals surface area contributed by atoms with Crippen LogP contribution in [0.1, 0.15) is 38.2 Å². The number of carbonyl (C=O) groups excluding carboxylic acids is 1. The Balaban J connectivity index is 2.78. The van der Waals surface area contributed by atoms with Gasteiger partial charge in [0.05, 0.1) is 12.0 Å². The van der Waals surface area contributed by atoms with E-state index in [4.69, 9.17) is 4.74 Å². The molecule has 1 aromatic rings. The number of carbonyl (C=O) groups is 1. The van der Waals surface area contributed by atoms with Crippen molar-refractivity contribution >= 4 is 15.9 Å². The first-order valence-corrected chi connectivity index (χ1v) is 9.63. The van der Waals surface area contributed by atoms with Gasteiger partial charge in [-0.2, -0.15) is 0 Å². The summed E-state index contributed by atoms with van der Waals surface area (Å²) in [6, 6.07) is 4.73. The SMILES string of the molecule is CCCCCNC(=O)CCc1cc(S(=O)(=O)N(C)C)ccc1OC. The van der Waals surface area contributed by atoms with E-state index < -0.39 is 10.0 Å². The number of rotatable bonds is 10. The van der Waals surface area contributed by atoms with Gasteiger partial charge in [-0.15, -0.1) is 0 Å². The molecule has 0 saturated heterocycles. The van der Waals surface area contributed by atoms with Crippen LogP contribution in [0.25, 0.3) is 0 Å². The third kappa shape index (κ3) is 5.79. The van der Waals surface area contributed by atoms with Crippen LogP contribution in [0, 0.1) is 0 Å². The first-order chi connectivity index (χ1) is 11.3. The summed E-state index contributed by atoms with van der Waals surface area (Å²) in [7, 11) is 1.00. The zero-order valence-electron chi connectivity index (χ0n) is 15.0. The molecule has 1 aromatic carbocycles. The number of methoxy groups -OCH3 is 1. The molecule has 0 unspecified atom stereocenters. The number of nitrogens with zero attached hydrogens (tertiary/aromatic N) is 1. The molecule has 0 aromatic heterocycles. The minimum absolute atomic E-state index is 0.0333. The fourth-order valence-electron chi connectivity index (χ4n) is 2.26. The van der Waals surface area contributed by atoms with Crippen LogP contribution in [0.2, 0.25) is 0 Å². The molecule has 0 aliphatic heterocycles. The number of hydrogen-bond acceptors (Lipinski definition) is 4. The van der Waals surface area contributed by atoms with Crippen molar-refractivity contribution in [1.82, 2.24) is 9.62 Å². The Bertz CT molecular complexity index is 642. The van der Waals surface area contributed by atoms with E-state index in [0.717, 1.165) is 19.3 Å². The lowest BCUT2D eigenvalue weighted by atomic mass is 10.1. The summed E-state index contributed by atoms with van der Waals surface area (Å²) >= 11 is 0. The molecule has 1 N–H and O–H groups in total. The van der Waals surface area contributed by atoms with Gasteiger partial charge in [0.15, 0.2) is 0 Å². The highest BCUT2D eigenvalue weighted by molar-refractivity contribution is 7.89. The van der Waals surface area contributed by atoms with Gasteiger partial charge in [0.25, 0.3) is 0 Å². The second-order valence-corrected chi connectivity index (χ2v) is 7.97. The summed E-state index contributed by atoms with van der Waals surface area (Å²) in [6.45, 7) is 2.79. The zero-order chi connectivity index (χ0) is 18.2.